The third-order valence-corrected chi connectivity index (χ3v) is 4.86. The van der Waals surface area contributed by atoms with Crippen LogP contribution in [0.1, 0.15) is 52.4 Å². The Balaban J connectivity index is 0.00000729. The van der Waals surface area contributed by atoms with Gasteiger partial charge in [0.2, 0.25) is 17.7 Å². The Labute approximate surface area is 171 Å². The minimum Gasteiger partial charge on any atom is -0.480 e. The molecule has 0 aromatic carbocycles. The molecule has 9 nitrogen and oxygen atoms in total. The van der Waals surface area contributed by atoms with E-state index in [0.29, 0.717) is 31.7 Å². The predicted octanol–water partition coefficient (Wildman–Crippen LogP) is 0.149. The number of carboxylic acid groups (broad SMARTS) is 1. The van der Waals surface area contributed by atoms with E-state index in [9.17, 15) is 19.2 Å². The summed E-state index contributed by atoms with van der Waals surface area (Å²) in [5.41, 5.74) is 10.9. The lowest BCUT2D eigenvalue weighted by Crippen LogP contribution is -2.47. The molecule has 1 aliphatic rings. The highest BCUT2D eigenvalue weighted by Gasteiger charge is 2.30. The lowest BCUT2D eigenvalue weighted by atomic mass is 9.81. The maximum Gasteiger partial charge on any atom is 0.326 e. The largest absolute Gasteiger partial charge is 0.480 e. The maximum atomic E-state index is 12.2. The molecule has 28 heavy (non-hydrogen) atoms. The quantitative estimate of drug-likeness (QED) is 0.337. The summed E-state index contributed by atoms with van der Waals surface area (Å²) in [6, 6.07) is -1.81. The Morgan fingerprint density at radius 1 is 1.11 bits per heavy atom. The van der Waals surface area contributed by atoms with Gasteiger partial charge in [0.15, 0.2) is 0 Å². The molecule has 7 N–H and O–H groups in total. The van der Waals surface area contributed by atoms with Gasteiger partial charge in [-0.05, 0) is 43.9 Å². The third-order valence-electron chi connectivity index (χ3n) is 4.86. The summed E-state index contributed by atoms with van der Waals surface area (Å²) in [6.45, 7) is 4.55. The van der Waals surface area contributed by atoms with Crippen molar-refractivity contribution in [2.24, 2.45) is 29.2 Å². The zero-order valence-electron chi connectivity index (χ0n) is 16.5. The van der Waals surface area contributed by atoms with Crippen molar-refractivity contribution in [1.82, 2.24) is 10.6 Å². The van der Waals surface area contributed by atoms with E-state index in [1.54, 1.807) is 0 Å². The monoisotopic (exact) mass is 420 g/mol. The summed E-state index contributed by atoms with van der Waals surface area (Å²) in [4.78, 5) is 46.2. The molecule has 0 spiro atoms. The summed E-state index contributed by atoms with van der Waals surface area (Å²) >= 11 is 0. The number of primary amides is 1. The second kappa shape index (κ2) is 12.6. The fourth-order valence-corrected chi connectivity index (χ4v) is 3.31. The van der Waals surface area contributed by atoms with Crippen LogP contribution in [0, 0.1) is 17.8 Å². The number of aliphatic carboxylic acids is 1. The summed E-state index contributed by atoms with van der Waals surface area (Å²) in [6.07, 6.45) is 2.92. The van der Waals surface area contributed by atoms with Crippen LogP contribution in [0.25, 0.3) is 0 Å². The van der Waals surface area contributed by atoms with Crippen molar-refractivity contribution in [3.63, 3.8) is 0 Å². The van der Waals surface area contributed by atoms with Gasteiger partial charge in [-0.2, -0.15) is 0 Å². The van der Waals surface area contributed by atoms with E-state index < -0.39 is 30.4 Å². The van der Waals surface area contributed by atoms with Crippen molar-refractivity contribution in [1.29, 1.82) is 0 Å². The highest BCUT2D eigenvalue weighted by molar-refractivity contribution is 5.89. The fraction of sp³-hybridized carbons (Fsp3) is 0.778. The smallest absolute Gasteiger partial charge is 0.326 e. The molecule has 0 radical (unpaired) electrons. The minimum atomic E-state index is -1.30. The Bertz CT molecular complexity index is 550. The normalized spacial score (nSPS) is 21.1. The van der Waals surface area contributed by atoms with Crippen LogP contribution in [0.3, 0.4) is 0 Å². The number of nitrogens with two attached hydrogens (primary N) is 2. The Morgan fingerprint density at radius 3 is 2.14 bits per heavy atom. The van der Waals surface area contributed by atoms with E-state index in [4.69, 9.17) is 16.6 Å². The molecule has 0 saturated heterocycles. The van der Waals surface area contributed by atoms with Crippen LogP contribution in [0.4, 0.5) is 0 Å². The number of carbonyl (C=O) groups is 4. The third kappa shape index (κ3) is 9.36. The lowest BCUT2D eigenvalue weighted by molar-refractivity contribution is -0.144. The summed E-state index contributed by atoms with van der Waals surface area (Å²) < 4.78 is 0. The highest BCUT2D eigenvalue weighted by Crippen LogP contribution is 2.28. The van der Waals surface area contributed by atoms with Crippen LogP contribution in [0.5, 0.6) is 0 Å². The topological polar surface area (TPSA) is 165 Å². The molecule has 0 aliphatic heterocycles. The molecule has 0 aromatic rings. The van der Waals surface area contributed by atoms with E-state index in [1.165, 1.54) is 0 Å². The molecule has 0 unspecified atom stereocenters. The first-order valence-electron chi connectivity index (χ1n) is 9.44. The van der Waals surface area contributed by atoms with Crippen LogP contribution in [0.15, 0.2) is 0 Å². The van der Waals surface area contributed by atoms with Gasteiger partial charge in [-0.25, -0.2) is 4.79 Å². The molecule has 1 fully saturated rings. The molecule has 3 amide bonds. The van der Waals surface area contributed by atoms with Crippen LogP contribution >= 0.6 is 12.4 Å². The van der Waals surface area contributed by atoms with Crippen molar-refractivity contribution < 1.29 is 24.3 Å². The molecule has 10 heteroatoms. The van der Waals surface area contributed by atoms with Gasteiger partial charge in [0.1, 0.15) is 6.04 Å². The second-order valence-electron chi connectivity index (χ2n) is 7.77. The zero-order chi connectivity index (χ0) is 20.6. The fourth-order valence-electron chi connectivity index (χ4n) is 3.31. The SMILES string of the molecule is CC(C)C[C@@H](N)C(=O)NCC1CCC(C(=O)N[C@H](CC(N)=O)C(=O)O)CC1.Cl. The number of amides is 3. The Morgan fingerprint density at radius 2 is 1.68 bits per heavy atom. The standard InChI is InChI=1S/C18H32N4O5.ClH/c1-10(2)7-13(19)17(25)21-9-11-3-5-12(6-4-11)16(24)22-14(18(26)27)8-15(20)23;/h10-14H,3-9,19H2,1-2H3,(H2,20,23)(H,21,25)(H,22,24)(H,26,27);1H/t11?,12?,13-,14-;/m1./s1. The van der Waals surface area contributed by atoms with Gasteiger partial charge < -0.3 is 27.2 Å². The molecule has 0 heterocycles. The van der Waals surface area contributed by atoms with E-state index in [2.05, 4.69) is 10.6 Å². The first kappa shape index (κ1) is 26.1. The lowest BCUT2D eigenvalue weighted by Gasteiger charge is -2.29. The number of nitrogens with one attached hydrogen (secondary N) is 2. The average molecular weight is 421 g/mol. The van der Waals surface area contributed by atoms with Gasteiger partial charge in [0, 0.05) is 12.5 Å². The number of hydrogen-bond acceptors (Lipinski definition) is 5. The Hall–Kier alpha value is -1.87. The number of hydrogen-bond donors (Lipinski definition) is 5. The first-order chi connectivity index (χ1) is 12.6. The van der Waals surface area contributed by atoms with Crippen LogP contribution in [0.2, 0.25) is 0 Å². The number of carbonyl (C=O) groups excluding carboxylic acids is 3. The first-order valence-corrected chi connectivity index (χ1v) is 9.44. The van der Waals surface area contributed by atoms with Crippen molar-refractivity contribution in [3.8, 4) is 0 Å². The second-order valence-corrected chi connectivity index (χ2v) is 7.77. The molecule has 2 atom stereocenters. The maximum absolute atomic E-state index is 12.2. The highest BCUT2D eigenvalue weighted by atomic mass is 35.5. The number of halogens is 1. The average Bonchev–Trinajstić information content (AvgIpc) is 2.58. The summed E-state index contributed by atoms with van der Waals surface area (Å²) in [5, 5.41) is 14.3. The van der Waals surface area contributed by atoms with Gasteiger partial charge >= 0.3 is 5.97 Å². The molecule has 162 valence electrons. The molecular weight excluding hydrogens is 388 g/mol. The number of rotatable bonds is 10. The van der Waals surface area contributed by atoms with E-state index in [0.717, 1.165) is 12.8 Å². The number of carboxylic acids is 1. The molecule has 1 rings (SSSR count). The Kier molecular flexibility index (Phi) is 11.7. The van der Waals surface area contributed by atoms with Crippen LogP contribution in [-0.2, 0) is 19.2 Å². The van der Waals surface area contributed by atoms with Crippen LogP contribution < -0.4 is 22.1 Å². The van der Waals surface area contributed by atoms with Crippen molar-refractivity contribution in [3.05, 3.63) is 0 Å². The van der Waals surface area contributed by atoms with Gasteiger partial charge in [0.25, 0.3) is 0 Å². The summed E-state index contributed by atoms with van der Waals surface area (Å²) in [5.74, 6) is -2.26. The van der Waals surface area contributed by atoms with Crippen LogP contribution in [-0.4, -0.2) is 47.4 Å². The van der Waals surface area contributed by atoms with Crippen molar-refractivity contribution in [2.45, 2.75) is 64.5 Å². The van der Waals surface area contributed by atoms with Gasteiger partial charge in [-0.15, -0.1) is 12.4 Å². The predicted molar refractivity (Wildman–Crippen MR) is 107 cm³/mol. The van der Waals surface area contributed by atoms with Gasteiger partial charge in [0.05, 0.1) is 12.5 Å². The van der Waals surface area contributed by atoms with Crippen molar-refractivity contribution >= 4 is 36.1 Å². The molecule has 1 saturated carbocycles. The molecule has 0 bridgehead atoms. The van der Waals surface area contributed by atoms with Gasteiger partial charge in [-0.1, -0.05) is 13.8 Å². The van der Waals surface area contributed by atoms with E-state index in [1.807, 2.05) is 13.8 Å². The molecular formula is C18H33ClN4O5. The summed E-state index contributed by atoms with van der Waals surface area (Å²) in [7, 11) is 0. The minimum absolute atomic E-state index is 0. The van der Waals surface area contributed by atoms with Gasteiger partial charge in [-0.3, -0.25) is 14.4 Å². The van der Waals surface area contributed by atoms with Crippen molar-refractivity contribution in [2.75, 3.05) is 6.54 Å². The molecule has 1 aliphatic carbocycles. The van der Waals surface area contributed by atoms with E-state index >= 15 is 0 Å². The zero-order valence-corrected chi connectivity index (χ0v) is 17.3. The molecule has 0 aromatic heterocycles. The van der Waals surface area contributed by atoms with E-state index in [-0.39, 0.29) is 36.1 Å².